The van der Waals surface area contributed by atoms with Crippen molar-refractivity contribution in [2.75, 3.05) is 0 Å². The lowest BCUT2D eigenvalue weighted by atomic mass is 9.84. The van der Waals surface area contributed by atoms with Gasteiger partial charge in [0.1, 0.15) is 6.04 Å². The number of carbonyl (C=O) groups is 3. The van der Waals surface area contributed by atoms with E-state index >= 15 is 0 Å². The lowest BCUT2D eigenvalue weighted by Gasteiger charge is -2.35. The van der Waals surface area contributed by atoms with Crippen molar-refractivity contribution in [1.82, 2.24) is 4.90 Å². The normalized spacial score (nSPS) is 25.8. The molecule has 5 atom stereocenters. The monoisotopic (exact) mass is 401 g/mol. The highest BCUT2D eigenvalue weighted by Crippen LogP contribution is 2.41. The first kappa shape index (κ1) is 21.3. The third kappa shape index (κ3) is 4.98. The van der Waals surface area contributed by atoms with Crippen LogP contribution in [0.2, 0.25) is 0 Å². The van der Waals surface area contributed by atoms with Crippen LogP contribution in [-0.2, 0) is 20.8 Å². The summed E-state index contributed by atoms with van der Waals surface area (Å²) in [6, 6.07) is 8.94. The predicted octanol–water partition coefficient (Wildman–Crippen LogP) is 3.59. The van der Waals surface area contributed by atoms with Crippen LogP contribution in [0.15, 0.2) is 30.3 Å². The smallest absolute Gasteiger partial charge is 0.326 e. The maximum Gasteiger partial charge on any atom is 0.326 e. The fraction of sp³-hybridized carbons (Fsp3) is 0.609. The Hall–Kier alpha value is -2.37. The lowest BCUT2D eigenvalue weighted by molar-refractivity contribution is -0.152. The zero-order valence-electron chi connectivity index (χ0n) is 17.0. The van der Waals surface area contributed by atoms with Crippen molar-refractivity contribution in [2.45, 2.75) is 70.4 Å². The molecule has 2 N–H and O–H groups in total. The fourth-order valence-corrected chi connectivity index (χ4v) is 5.11. The second-order valence-corrected chi connectivity index (χ2v) is 8.64. The molecule has 0 spiro atoms. The van der Waals surface area contributed by atoms with Crippen molar-refractivity contribution < 1.29 is 24.6 Å². The summed E-state index contributed by atoms with van der Waals surface area (Å²) in [5.41, 5.74) is 1.08. The minimum atomic E-state index is -0.946. The van der Waals surface area contributed by atoms with Gasteiger partial charge in [-0.25, -0.2) is 4.79 Å². The average Bonchev–Trinajstić information content (AvgIpc) is 3.10. The van der Waals surface area contributed by atoms with Gasteiger partial charge < -0.3 is 15.1 Å². The van der Waals surface area contributed by atoms with E-state index in [-0.39, 0.29) is 24.3 Å². The topological polar surface area (TPSA) is 94.9 Å². The molecule has 29 heavy (non-hydrogen) atoms. The predicted molar refractivity (Wildman–Crippen MR) is 108 cm³/mol. The first-order valence-electron chi connectivity index (χ1n) is 10.7. The van der Waals surface area contributed by atoms with Crippen LogP contribution in [0.25, 0.3) is 0 Å². The van der Waals surface area contributed by atoms with Crippen LogP contribution in [0.1, 0.15) is 57.4 Å². The summed E-state index contributed by atoms with van der Waals surface area (Å²) in [7, 11) is 0. The molecular weight excluding hydrogens is 370 g/mol. The van der Waals surface area contributed by atoms with Crippen molar-refractivity contribution in [1.29, 1.82) is 0 Å². The Morgan fingerprint density at radius 2 is 1.79 bits per heavy atom. The number of nitrogens with zero attached hydrogens (tertiary/aromatic N) is 1. The van der Waals surface area contributed by atoms with E-state index in [1.165, 1.54) is 0 Å². The second kappa shape index (κ2) is 9.42. The van der Waals surface area contributed by atoms with Gasteiger partial charge in [-0.1, -0.05) is 50.1 Å². The van der Waals surface area contributed by atoms with E-state index in [4.69, 9.17) is 0 Å². The summed E-state index contributed by atoms with van der Waals surface area (Å²) in [4.78, 5) is 38.4. The number of likely N-dealkylation sites (tertiary alicyclic amines) is 1. The van der Waals surface area contributed by atoms with Crippen LogP contribution in [0.3, 0.4) is 0 Å². The molecule has 0 radical (unpaired) electrons. The summed E-state index contributed by atoms with van der Waals surface area (Å²) in [6.45, 7) is 1.75. The van der Waals surface area contributed by atoms with Gasteiger partial charge in [0.25, 0.3) is 0 Å². The highest BCUT2D eigenvalue weighted by Gasteiger charge is 2.48. The maximum absolute atomic E-state index is 13.2. The molecule has 6 nitrogen and oxygen atoms in total. The minimum Gasteiger partial charge on any atom is -0.481 e. The van der Waals surface area contributed by atoms with Gasteiger partial charge in [0.2, 0.25) is 5.91 Å². The molecule has 2 aliphatic rings. The van der Waals surface area contributed by atoms with Crippen LogP contribution in [0, 0.1) is 17.8 Å². The molecule has 1 saturated heterocycles. The standard InChI is InChI=1S/C23H31NO5/c1-15(13-18(22(26)27)12-11-16-7-3-2-4-8-16)21(25)24-19-10-6-5-9-17(19)14-20(24)23(28)29/h2-4,7-8,15,17-20H,5-6,9-14H2,1H3,(H,26,27)(H,28,29)/t15-,17-,18-,19+,20+/m1/s1. The Kier molecular flexibility index (Phi) is 6.93. The largest absolute Gasteiger partial charge is 0.481 e. The van der Waals surface area contributed by atoms with Gasteiger partial charge in [-0.15, -0.1) is 0 Å². The third-order valence-corrected chi connectivity index (χ3v) is 6.66. The molecule has 1 aliphatic heterocycles. The number of carbonyl (C=O) groups excluding carboxylic acids is 1. The summed E-state index contributed by atoms with van der Waals surface area (Å²) < 4.78 is 0. The molecule has 1 aromatic carbocycles. The summed E-state index contributed by atoms with van der Waals surface area (Å²) in [5.74, 6) is -2.91. The van der Waals surface area contributed by atoms with E-state index in [2.05, 4.69) is 0 Å². The van der Waals surface area contributed by atoms with E-state index in [1.54, 1.807) is 11.8 Å². The van der Waals surface area contributed by atoms with Crippen LogP contribution in [0.4, 0.5) is 0 Å². The molecule has 158 valence electrons. The van der Waals surface area contributed by atoms with Crippen molar-refractivity contribution >= 4 is 17.8 Å². The maximum atomic E-state index is 13.2. The van der Waals surface area contributed by atoms with Gasteiger partial charge in [-0.3, -0.25) is 9.59 Å². The van der Waals surface area contributed by atoms with E-state index in [1.807, 2.05) is 30.3 Å². The minimum absolute atomic E-state index is 0.00704. The second-order valence-electron chi connectivity index (χ2n) is 8.64. The van der Waals surface area contributed by atoms with Gasteiger partial charge in [0, 0.05) is 12.0 Å². The summed E-state index contributed by atoms with van der Waals surface area (Å²) in [5, 5.41) is 19.3. The first-order chi connectivity index (χ1) is 13.9. The van der Waals surface area contributed by atoms with Crippen LogP contribution >= 0.6 is 0 Å². The molecule has 1 heterocycles. The quantitative estimate of drug-likeness (QED) is 0.694. The Labute approximate surface area is 171 Å². The number of amides is 1. The lowest BCUT2D eigenvalue weighted by Crippen LogP contribution is -2.48. The molecule has 1 saturated carbocycles. The SMILES string of the molecule is C[C@H](C[C@@H](CCc1ccccc1)C(=O)O)C(=O)N1[C@H](C(=O)O)C[C@H]2CCCC[C@@H]21. The Morgan fingerprint density at radius 1 is 1.10 bits per heavy atom. The van der Waals surface area contributed by atoms with Gasteiger partial charge >= 0.3 is 11.9 Å². The number of carboxylic acid groups (broad SMARTS) is 2. The molecule has 1 aliphatic carbocycles. The van der Waals surface area contributed by atoms with E-state index < -0.39 is 29.8 Å². The van der Waals surface area contributed by atoms with Crippen molar-refractivity contribution in [2.24, 2.45) is 17.8 Å². The number of carboxylic acids is 2. The van der Waals surface area contributed by atoms with E-state index in [9.17, 15) is 24.6 Å². The molecule has 2 fully saturated rings. The molecule has 1 aromatic rings. The number of hydrogen-bond acceptors (Lipinski definition) is 3. The Balaban J connectivity index is 1.66. The molecule has 0 aromatic heterocycles. The van der Waals surface area contributed by atoms with Gasteiger partial charge in [0.05, 0.1) is 5.92 Å². The Bertz CT molecular complexity index is 734. The number of benzene rings is 1. The molecule has 0 unspecified atom stereocenters. The molecule has 1 amide bonds. The fourth-order valence-electron chi connectivity index (χ4n) is 5.11. The van der Waals surface area contributed by atoms with E-state index in [0.717, 1.165) is 31.2 Å². The van der Waals surface area contributed by atoms with Gasteiger partial charge in [-0.2, -0.15) is 0 Å². The van der Waals surface area contributed by atoms with E-state index in [0.29, 0.717) is 19.3 Å². The summed E-state index contributed by atoms with van der Waals surface area (Å²) in [6.07, 6.45) is 5.79. The Morgan fingerprint density at radius 3 is 2.45 bits per heavy atom. The van der Waals surface area contributed by atoms with Crippen LogP contribution in [-0.4, -0.2) is 45.0 Å². The number of aryl methyl sites for hydroxylation is 1. The number of aliphatic carboxylic acids is 2. The number of rotatable bonds is 8. The zero-order valence-corrected chi connectivity index (χ0v) is 17.0. The molecule has 6 heteroatoms. The highest BCUT2D eigenvalue weighted by molar-refractivity contribution is 5.86. The molecule has 0 bridgehead atoms. The van der Waals surface area contributed by atoms with Crippen molar-refractivity contribution in [3.05, 3.63) is 35.9 Å². The van der Waals surface area contributed by atoms with Gasteiger partial charge in [-0.05, 0) is 50.0 Å². The molecule has 3 rings (SSSR count). The third-order valence-electron chi connectivity index (χ3n) is 6.66. The van der Waals surface area contributed by atoms with Crippen molar-refractivity contribution in [3.63, 3.8) is 0 Å². The highest BCUT2D eigenvalue weighted by atomic mass is 16.4. The molecular formula is C23H31NO5. The van der Waals surface area contributed by atoms with Crippen molar-refractivity contribution in [3.8, 4) is 0 Å². The van der Waals surface area contributed by atoms with Crippen LogP contribution < -0.4 is 0 Å². The number of fused-ring (bicyclic) bond motifs is 1. The van der Waals surface area contributed by atoms with Crippen LogP contribution in [0.5, 0.6) is 0 Å². The number of hydrogen-bond donors (Lipinski definition) is 2. The zero-order chi connectivity index (χ0) is 21.0. The average molecular weight is 402 g/mol. The van der Waals surface area contributed by atoms with Gasteiger partial charge in [0.15, 0.2) is 0 Å². The first-order valence-corrected chi connectivity index (χ1v) is 10.7. The summed E-state index contributed by atoms with van der Waals surface area (Å²) >= 11 is 0.